The maximum atomic E-state index is 11.9. The molecule has 15 heavy (non-hydrogen) atoms. The van der Waals surface area contributed by atoms with Gasteiger partial charge in [-0.3, -0.25) is 4.79 Å². The molecular formula is C9H9Cl2NO3. The second-order valence-corrected chi connectivity index (χ2v) is 4.48. The summed E-state index contributed by atoms with van der Waals surface area (Å²) in [5.74, 6) is -0.194. The Morgan fingerprint density at radius 3 is 2.87 bits per heavy atom. The molecule has 0 saturated carbocycles. The van der Waals surface area contributed by atoms with Crippen LogP contribution in [0.3, 0.4) is 0 Å². The number of carbonyl (C=O) groups is 1. The van der Waals surface area contributed by atoms with Crippen molar-refractivity contribution in [1.29, 1.82) is 0 Å². The standard InChI is InChI=1S/C9H9Cl2NO3/c10-9(11,7-2-1-4-15-7)8(13)12-3-5-14-6-12/h1-2,4H,3,5-6H2. The monoisotopic (exact) mass is 249 g/mol. The predicted molar refractivity (Wildman–Crippen MR) is 54.6 cm³/mol. The molecule has 0 aromatic carbocycles. The van der Waals surface area contributed by atoms with E-state index in [1.54, 1.807) is 12.1 Å². The molecular weight excluding hydrogens is 241 g/mol. The summed E-state index contributed by atoms with van der Waals surface area (Å²) in [6.07, 6.45) is 1.42. The Morgan fingerprint density at radius 2 is 2.33 bits per heavy atom. The summed E-state index contributed by atoms with van der Waals surface area (Å²) in [6, 6.07) is 3.19. The topological polar surface area (TPSA) is 42.7 Å². The smallest absolute Gasteiger partial charge is 0.268 e. The number of hydrogen-bond donors (Lipinski definition) is 0. The molecule has 1 saturated heterocycles. The maximum absolute atomic E-state index is 11.9. The van der Waals surface area contributed by atoms with Gasteiger partial charge in [0.15, 0.2) is 0 Å². The Hall–Kier alpha value is -0.710. The average Bonchev–Trinajstić information content (AvgIpc) is 2.89. The van der Waals surface area contributed by atoms with Crippen LogP contribution in [0.4, 0.5) is 0 Å². The van der Waals surface area contributed by atoms with Crippen molar-refractivity contribution in [3.8, 4) is 0 Å². The number of hydrogen-bond acceptors (Lipinski definition) is 3. The van der Waals surface area contributed by atoms with E-state index in [2.05, 4.69) is 0 Å². The van der Waals surface area contributed by atoms with Crippen LogP contribution in [0.25, 0.3) is 0 Å². The highest BCUT2D eigenvalue weighted by Crippen LogP contribution is 2.36. The number of alkyl halides is 2. The second kappa shape index (κ2) is 4.04. The zero-order valence-corrected chi connectivity index (χ0v) is 9.29. The van der Waals surface area contributed by atoms with Crippen LogP contribution in [0.5, 0.6) is 0 Å². The Morgan fingerprint density at radius 1 is 1.53 bits per heavy atom. The Labute approximate surface area is 96.7 Å². The lowest BCUT2D eigenvalue weighted by atomic mass is 10.3. The molecule has 0 atom stereocenters. The van der Waals surface area contributed by atoms with Gasteiger partial charge in [0, 0.05) is 6.54 Å². The van der Waals surface area contributed by atoms with Crippen molar-refractivity contribution < 1.29 is 13.9 Å². The van der Waals surface area contributed by atoms with Gasteiger partial charge in [0.25, 0.3) is 10.2 Å². The van der Waals surface area contributed by atoms with Crippen LogP contribution in [0.2, 0.25) is 0 Å². The molecule has 4 nitrogen and oxygen atoms in total. The van der Waals surface area contributed by atoms with Gasteiger partial charge in [-0.25, -0.2) is 0 Å². The third-order valence-corrected chi connectivity index (χ3v) is 2.83. The highest BCUT2D eigenvalue weighted by molar-refractivity contribution is 6.57. The molecule has 0 N–H and O–H groups in total. The van der Waals surface area contributed by atoms with Crippen LogP contribution in [-0.2, 0) is 13.9 Å². The van der Waals surface area contributed by atoms with Gasteiger partial charge in [-0.05, 0) is 12.1 Å². The number of nitrogens with zero attached hydrogens (tertiary/aromatic N) is 1. The molecule has 82 valence electrons. The van der Waals surface area contributed by atoms with Crippen molar-refractivity contribution in [1.82, 2.24) is 4.90 Å². The van der Waals surface area contributed by atoms with Crippen molar-refractivity contribution in [3.05, 3.63) is 24.2 Å². The molecule has 1 aliphatic heterocycles. The number of furan rings is 1. The number of amides is 1. The van der Waals surface area contributed by atoms with E-state index in [1.165, 1.54) is 11.2 Å². The van der Waals surface area contributed by atoms with E-state index in [1.807, 2.05) is 0 Å². The fraction of sp³-hybridized carbons (Fsp3) is 0.444. The van der Waals surface area contributed by atoms with Gasteiger partial charge in [-0.1, -0.05) is 23.2 Å². The number of rotatable bonds is 2. The van der Waals surface area contributed by atoms with Gasteiger partial charge in [0.05, 0.1) is 12.9 Å². The molecule has 1 amide bonds. The first-order chi connectivity index (χ1) is 7.12. The lowest BCUT2D eigenvalue weighted by Crippen LogP contribution is -2.39. The normalized spacial score (nSPS) is 17.1. The van der Waals surface area contributed by atoms with Gasteiger partial charge in [0.2, 0.25) is 0 Å². The fourth-order valence-corrected chi connectivity index (χ4v) is 1.79. The maximum Gasteiger partial charge on any atom is 0.268 e. The second-order valence-electron chi connectivity index (χ2n) is 3.16. The van der Waals surface area contributed by atoms with E-state index in [0.29, 0.717) is 13.2 Å². The first-order valence-corrected chi connectivity index (χ1v) is 5.17. The highest BCUT2D eigenvalue weighted by Gasteiger charge is 2.42. The molecule has 0 radical (unpaired) electrons. The van der Waals surface area contributed by atoms with E-state index >= 15 is 0 Å². The van der Waals surface area contributed by atoms with Gasteiger partial charge >= 0.3 is 0 Å². The summed E-state index contributed by atoms with van der Waals surface area (Å²) in [7, 11) is 0. The van der Waals surface area contributed by atoms with Gasteiger partial charge in [-0.2, -0.15) is 0 Å². The molecule has 0 spiro atoms. The van der Waals surface area contributed by atoms with E-state index in [-0.39, 0.29) is 12.5 Å². The van der Waals surface area contributed by atoms with Crippen LogP contribution < -0.4 is 0 Å². The van der Waals surface area contributed by atoms with Crippen LogP contribution in [-0.4, -0.2) is 30.7 Å². The zero-order valence-electron chi connectivity index (χ0n) is 7.78. The minimum Gasteiger partial charge on any atom is -0.466 e. The number of halogens is 2. The molecule has 1 fully saturated rings. The predicted octanol–water partition coefficient (Wildman–Crippen LogP) is 1.73. The van der Waals surface area contributed by atoms with Crippen molar-refractivity contribution >= 4 is 29.1 Å². The van der Waals surface area contributed by atoms with Crippen molar-refractivity contribution in [3.63, 3.8) is 0 Å². The Kier molecular flexibility index (Phi) is 2.91. The molecule has 6 heteroatoms. The van der Waals surface area contributed by atoms with Crippen LogP contribution >= 0.6 is 23.2 Å². The lowest BCUT2D eigenvalue weighted by Gasteiger charge is -2.22. The zero-order chi connectivity index (χ0) is 10.9. The number of ether oxygens (including phenoxy) is 1. The Balaban J connectivity index is 2.18. The largest absolute Gasteiger partial charge is 0.466 e. The molecule has 1 aliphatic rings. The van der Waals surface area contributed by atoms with E-state index in [0.717, 1.165) is 0 Å². The molecule has 2 rings (SSSR count). The summed E-state index contributed by atoms with van der Waals surface area (Å²) in [4.78, 5) is 13.3. The minimum absolute atomic E-state index is 0.223. The van der Waals surface area contributed by atoms with Crippen molar-refractivity contribution in [2.45, 2.75) is 4.33 Å². The van der Waals surface area contributed by atoms with Gasteiger partial charge in [0.1, 0.15) is 12.5 Å². The van der Waals surface area contributed by atoms with Crippen molar-refractivity contribution in [2.75, 3.05) is 19.9 Å². The molecule has 0 bridgehead atoms. The summed E-state index contributed by atoms with van der Waals surface area (Å²) in [5.41, 5.74) is 0. The van der Waals surface area contributed by atoms with Crippen LogP contribution in [0.15, 0.2) is 22.8 Å². The molecule has 1 aromatic heterocycles. The summed E-state index contributed by atoms with van der Waals surface area (Å²) in [5, 5.41) is 0. The quantitative estimate of drug-likeness (QED) is 0.750. The first kappa shape index (κ1) is 10.8. The average molecular weight is 250 g/mol. The summed E-state index contributed by atoms with van der Waals surface area (Å²) in [6.45, 7) is 1.23. The molecule has 0 unspecified atom stereocenters. The fourth-order valence-electron chi connectivity index (χ4n) is 1.34. The highest BCUT2D eigenvalue weighted by atomic mass is 35.5. The first-order valence-electron chi connectivity index (χ1n) is 4.41. The van der Waals surface area contributed by atoms with Crippen LogP contribution in [0.1, 0.15) is 5.76 Å². The summed E-state index contributed by atoms with van der Waals surface area (Å²) >= 11 is 11.9. The lowest BCUT2D eigenvalue weighted by molar-refractivity contribution is -0.132. The Bertz CT molecular complexity index is 344. The summed E-state index contributed by atoms with van der Waals surface area (Å²) < 4.78 is 8.41. The third-order valence-electron chi connectivity index (χ3n) is 2.14. The van der Waals surface area contributed by atoms with Gasteiger partial charge < -0.3 is 14.1 Å². The van der Waals surface area contributed by atoms with Crippen molar-refractivity contribution in [2.24, 2.45) is 0 Å². The molecule has 0 aliphatic carbocycles. The number of carbonyl (C=O) groups excluding carboxylic acids is 1. The van der Waals surface area contributed by atoms with Gasteiger partial charge in [-0.15, -0.1) is 0 Å². The third kappa shape index (κ3) is 1.97. The van der Waals surface area contributed by atoms with Crippen LogP contribution in [0, 0.1) is 0 Å². The minimum atomic E-state index is -1.67. The molecule has 1 aromatic rings. The SMILES string of the molecule is O=C(N1CCOC1)C(Cl)(Cl)c1ccco1. The van der Waals surface area contributed by atoms with E-state index in [9.17, 15) is 4.79 Å². The molecule has 2 heterocycles. The van der Waals surface area contributed by atoms with E-state index < -0.39 is 10.2 Å². The van der Waals surface area contributed by atoms with E-state index in [4.69, 9.17) is 32.4 Å².